The van der Waals surface area contributed by atoms with Crippen LogP contribution in [0.4, 0.5) is 0 Å². The molecule has 0 radical (unpaired) electrons. The van der Waals surface area contributed by atoms with Crippen molar-refractivity contribution in [2.24, 2.45) is 17.8 Å². The molecule has 1 aromatic heterocycles. The first-order chi connectivity index (χ1) is 12.0. The lowest BCUT2D eigenvalue weighted by atomic mass is 9.84. The number of aromatic nitrogens is 2. The number of benzene rings is 1. The molecular weight excluding hydrogens is 310 g/mol. The highest BCUT2D eigenvalue weighted by Crippen LogP contribution is 2.49. The molecule has 2 bridgehead atoms. The van der Waals surface area contributed by atoms with E-state index >= 15 is 0 Å². The molecule has 0 spiro atoms. The van der Waals surface area contributed by atoms with Crippen molar-refractivity contribution in [1.29, 1.82) is 0 Å². The molecule has 1 heterocycles. The van der Waals surface area contributed by atoms with Gasteiger partial charge < -0.3 is 10.3 Å². The number of carbonyl (C=O) groups is 1. The molecule has 0 aliphatic heterocycles. The normalized spacial score (nSPS) is 26.3. The molecule has 2 aliphatic rings. The van der Waals surface area contributed by atoms with E-state index in [4.69, 9.17) is 0 Å². The van der Waals surface area contributed by atoms with Crippen molar-refractivity contribution < 1.29 is 4.79 Å². The summed E-state index contributed by atoms with van der Waals surface area (Å²) in [4.78, 5) is 20.4. The number of amides is 1. The van der Waals surface area contributed by atoms with Crippen LogP contribution in [0.2, 0.25) is 0 Å². The molecule has 0 saturated heterocycles. The summed E-state index contributed by atoms with van der Waals surface area (Å²) >= 11 is 0. The standard InChI is InChI=1S/C21H29N3O/c1-12-8-13(2)21-18(9-12)23-19(24-21)6-7-20(25)22-14(3)17-11-15-4-5-16(17)10-15/h8-9,14-17H,4-7,10-11H2,1-3H3,(H,22,25)(H,23,24)/t14-,15-,16-,17-/m0/s1. The molecule has 1 amide bonds. The number of carbonyl (C=O) groups excluding carboxylic acids is 1. The minimum Gasteiger partial charge on any atom is -0.353 e. The SMILES string of the molecule is Cc1cc(C)c2nc(CCC(=O)N[C@@H](C)[C@@H]3C[C@H]4CC[C@H]3C4)[nH]c2c1. The third kappa shape index (κ3) is 3.31. The monoisotopic (exact) mass is 339 g/mol. The van der Waals surface area contributed by atoms with Gasteiger partial charge in [0, 0.05) is 18.9 Å². The number of nitrogens with zero attached hydrogens (tertiary/aromatic N) is 1. The first-order valence-corrected chi connectivity index (χ1v) is 9.75. The van der Waals surface area contributed by atoms with Crippen LogP contribution < -0.4 is 5.32 Å². The molecule has 25 heavy (non-hydrogen) atoms. The van der Waals surface area contributed by atoms with Crippen LogP contribution in [0.5, 0.6) is 0 Å². The van der Waals surface area contributed by atoms with Gasteiger partial charge in [-0.2, -0.15) is 0 Å². The fourth-order valence-corrected chi connectivity index (χ4v) is 5.21. The van der Waals surface area contributed by atoms with E-state index < -0.39 is 0 Å². The Bertz CT molecular complexity index is 794. The number of fused-ring (bicyclic) bond motifs is 3. The van der Waals surface area contributed by atoms with Crippen molar-refractivity contribution >= 4 is 16.9 Å². The number of imidazole rings is 1. The Morgan fingerprint density at radius 3 is 2.88 bits per heavy atom. The number of aromatic amines is 1. The Balaban J connectivity index is 1.33. The first-order valence-electron chi connectivity index (χ1n) is 9.75. The highest BCUT2D eigenvalue weighted by molar-refractivity contribution is 5.80. The minimum atomic E-state index is 0.156. The van der Waals surface area contributed by atoms with Gasteiger partial charge in [0.1, 0.15) is 5.82 Å². The van der Waals surface area contributed by atoms with Crippen LogP contribution in [0.3, 0.4) is 0 Å². The lowest BCUT2D eigenvalue weighted by Gasteiger charge is -2.28. The average molecular weight is 339 g/mol. The average Bonchev–Trinajstić information content (AvgIpc) is 3.27. The molecule has 4 heteroatoms. The summed E-state index contributed by atoms with van der Waals surface area (Å²) in [5.41, 5.74) is 4.52. The fraction of sp³-hybridized carbons (Fsp3) is 0.619. The van der Waals surface area contributed by atoms with Crippen molar-refractivity contribution in [2.45, 2.75) is 65.3 Å². The van der Waals surface area contributed by atoms with Gasteiger partial charge in [-0.3, -0.25) is 4.79 Å². The molecule has 4 rings (SSSR count). The highest BCUT2D eigenvalue weighted by Gasteiger charge is 2.42. The van der Waals surface area contributed by atoms with Gasteiger partial charge in [0.2, 0.25) is 5.91 Å². The van der Waals surface area contributed by atoms with Gasteiger partial charge in [-0.15, -0.1) is 0 Å². The Morgan fingerprint density at radius 2 is 2.16 bits per heavy atom. The van der Waals surface area contributed by atoms with Gasteiger partial charge in [0.15, 0.2) is 0 Å². The summed E-state index contributed by atoms with van der Waals surface area (Å²) in [5.74, 6) is 3.54. The molecule has 2 aliphatic carbocycles. The van der Waals surface area contributed by atoms with Gasteiger partial charge >= 0.3 is 0 Å². The topological polar surface area (TPSA) is 57.8 Å². The fourth-order valence-electron chi connectivity index (χ4n) is 5.21. The summed E-state index contributed by atoms with van der Waals surface area (Å²) in [6.07, 6.45) is 6.66. The van der Waals surface area contributed by atoms with Crippen LogP contribution >= 0.6 is 0 Å². The lowest BCUT2D eigenvalue weighted by Crippen LogP contribution is -2.40. The van der Waals surface area contributed by atoms with Crippen molar-refractivity contribution in [1.82, 2.24) is 15.3 Å². The number of hydrogen-bond donors (Lipinski definition) is 2. The predicted molar refractivity (Wildman–Crippen MR) is 100 cm³/mol. The minimum absolute atomic E-state index is 0.156. The maximum Gasteiger partial charge on any atom is 0.220 e. The van der Waals surface area contributed by atoms with E-state index in [1.54, 1.807) is 0 Å². The molecule has 4 atom stereocenters. The van der Waals surface area contributed by atoms with E-state index in [-0.39, 0.29) is 5.91 Å². The Morgan fingerprint density at radius 1 is 1.32 bits per heavy atom. The quantitative estimate of drug-likeness (QED) is 0.863. The summed E-state index contributed by atoms with van der Waals surface area (Å²) < 4.78 is 0. The molecule has 134 valence electrons. The summed E-state index contributed by atoms with van der Waals surface area (Å²) in [7, 11) is 0. The van der Waals surface area contributed by atoms with E-state index in [0.29, 0.717) is 24.8 Å². The third-order valence-electron chi connectivity index (χ3n) is 6.38. The Hall–Kier alpha value is -1.84. The van der Waals surface area contributed by atoms with Crippen LogP contribution in [0.25, 0.3) is 11.0 Å². The maximum atomic E-state index is 12.4. The van der Waals surface area contributed by atoms with Gasteiger partial charge in [-0.1, -0.05) is 12.5 Å². The Kier molecular flexibility index (Phi) is 4.30. The third-order valence-corrected chi connectivity index (χ3v) is 6.38. The van der Waals surface area contributed by atoms with E-state index in [2.05, 4.69) is 48.2 Å². The van der Waals surface area contributed by atoms with E-state index in [0.717, 1.165) is 28.7 Å². The number of H-pyrrole nitrogens is 1. The van der Waals surface area contributed by atoms with Gasteiger partial charge in [0.05, 0.1) is 11.0 Å². The lowest BCUT2D eigenvalue weighted by molar-refractivity contribution is -0.122. The largest absolute Gasteiger partial charge is 0.353 e. The summed E-state index contributed by atoms with van der Waals surface area (Å²) in [6.45, 7) is 6.37. The summed E-state index contributed by atoms with van der Waals surface area (Å²) in [6, 6.07) is 4.58. The van der Waals surface area contributed by atoms with Gasteiger partial charge in [-0.05, 0) is 75.0 Å². The zero-order chi connectivity index (χ0) is 17.6. The van der Waals surface area contributed by atoms with Crippen molar-refractivity contribution in [2.75, 3.05) is 0 Å². The zero-order valence-corrected chi connectivity index (χ0v) is 15.6. The first kappa shape index (κ1) is 16.6. The summed E-state index contributed by atoms with van der Waals surface area (Å²) in [5, 5.41) is 3.25. The number of nitrogens with one attached hydrogen (secondary N) is 2. The van der Waals surface area contributed by atoms with Crippen LogP contribution in [-0.2, 0) is 11.2 Å². The van der Waals surface area contributed by atoms with Crippen LogP contribution in [0.1, 0.15) is 56.0 Å². The molecule has 1 aromatic carbocycles. The van der Waals surface area contributed by atoms with E-state index in [1.165, 1.54) is 36.8 Å². The number of aryl methyl sites for hydroxylation is 3. The Labute approximate surface area is 149 Å². The number of hydrogen-bond acceptors (Lipinski definition) is 2. The highest BCUT2D eigenvalue weighted by atomic mass is 16.1. The van der Waals surface area contributed by atoms with Gasteiger partial charge in [0.25, 0.3) is 0 Å². The van der Waals surface area contributed by atoms with Crippen LogP contribution in [0, 0.1) is 31.6 Å². The molecule has 2 saturated carbocycles. The number of rotatable bonds is 5. The van der Waals surface area contributed by atoms with E-state index in [1.807, 2.05) is 0 Å². The second-order valence-corrected chi connectivity index (χ2v) is 8.36. The van der Waals surface area contributed by atoms with Crippen LogP contribution in [-0.4, -0.2) is 21.9 Å². The predicted octanol–water partition coefficient (Wildman–Crippen LogP) is 4.05. The molecule has 2 N–H and O–H groups in total. The van der Waals surface area contributed by atoms with Crippen molar-refractivity contribution in [3.63, 3.8) is 0 Å². The molecular formula is C21H29N3O. The maximum absolute atomic E-state index is 12.4. The van der Waals surface area contributed by atoms with Gasteiger partial charge in [-0.25, -0.2) is 4.98 Å². The zero-order valence-electron chi connectivity index (χ0n) is 15.6. The van der Waals surface area contributed by atoms with Crippen LogP contribution in [0.15, 0.2) is 12.1 Å². The van der Waals surface area contributed by atoms with Crippen molar-refractivity contribution in [3.05, 3.63) is 29.1 Å². The molecule has 2 aromatic rings. The molecule has 4 nitrogen and oxygen atoms in total. The smallest absolute Gasteiger partial charge is 0.220 e. The van der Waals surface area contributed by atoms with Crippen molar-refractivity contribution in [3.8, 4) is 0 Å². The second kappa shape index (κ2) is 6.47. The second-order valence-electron chi connectivity index (χ2n) is 8.36. The molecule has 0 unspecified atom stereocenters. The molecule has 2 fully saturated rings. The van der Waals surface area contributed by atoms with E-state index in [9.17, 15) is 4.79 Å².